The van der Waals surface area contributed by atoms with E-state index in [1.165, 1.54) is 0 Å². The molecule has 0 aliphatic heterocycles. The minimum Gasteiger partial charge on any atom is -0.790 e. The van der Waals surface area contributed by atoms with E-state index in [9.17, 15) is 34.5 Å². The topological polar surface area (TPSA) is 153 Å². The van der Waals surface area contributed by atoms with Crippen molar-refractivity contribution >= 4 is 13.8 Å². The summed E-state index contributed by atoms with van der Waals surface area (Å²) in [7, 11) is -5.38. The minimum atomic E-state index is -5.38. The van der Waals surface area contributed by atoms with E-state index in [1.807, 2.05) is 0 Å². The number of carboxylic acids is 1. The molecule has 0 aromatic heterocycles. The highest BCUT2D eigenvalue weighted by atomic mass is 31.2. The lowest BCUT2D eigenvalue weighted by molar-refractivity contribution is -0.346. The first-order valence-corrected chi connectivity index (χ1v) is 5.65. The molecule has 0 radical (unpaired) electrons. The number of hydrogen-bond donors (Lipinski definition) is 2. The molecule has 0 unspecified atom stereocenters. The average Bonchev–Trinajstić information content (AvgIpc) is 2.10. The van der Waals surface area contributed by atoms with Crippen LogP contribution in [-0.2, 0) is 13.9 Å². The Morgan fingerprint density at radius 1 is 1.50 bits per heavy atom. The molecule has 3 atom stereocenters. The Bertz CT molecular complexity index is 357. The molecule has 1 aliphatic carbocycles. The van der Waals surface area contributed by atoms with Gasteiger partial charge in [-0.25, -0.2) is 0 Å². The van der Waals surface area contributed by atoms with Gasteiger partial charge in [0.2, 0.25) is 0 Å². The van der Waals surface area contributed by atoms with Crippen LogP contribution >= 0.6 is 7.82 Å². The summed E-state index contributed by atoms with van der Waals surface area (Å²) in [5.41, 5.74) is -0.434. The maximum absolute atomic E-state index is 10.5. The molecule has 0 saturated carbocycles. The number of rotatable bonds is 3. The lowest BCUT2D eigenvalue weighted by Gasteiger charge is -2.38. The van der Waals surface area contributed by atoms with Crippen LogP contribution in [0.3, 0.4) is 0 Å². The van der Waals surface area contributed by atoms with Crippen LogP contribution in [0.15, 0.2) is 11.6 Å². The van der Waals surface area contributed by atoms with Crippen molar-refractivity contribution < 1.29 is 39.0 Å². The molecular weight excluding hydrogens is 243 g/mol. The number of hydrogen-bond acceptors (Lipinski definition) is 8. The van der Waals surface area contributed by atoms with Crippen molar-refractivity contribution in [1.82, 2.24) is 0 Å². The summed E-state index contributed by atoms with van der Waals surface area (Å²) in [5, 5.41) is 28.9. The van der Waals surface area contributed by atoms with Crippen LogP contribution in [0.5, 0.6) is 0 Å². The Labute approximate surface area is 90.0 Å². The van der Waals surface area contributed by atoms with Crippen LogP contribution in [0.1, 0.15) is 6.42 Å². The van der Waals surface area contributed by atoms with Gasteiger partial charge in [-0.15, -0.1) is 0 Å². The smallest absolute Gasteiger partial charge is 0.110 e. The zero-order chi connectivity index (χ0) is 12.5. The Kier molecular flexibility index (Phi) is 3.84. The van der Waals surface area contributed by atoms with E-state index in [-0.39, 0.29) is 0 Å². The molecule has 2 N–H and O–H groups in total. The molecule has 16 heavy (non-hydrogen) atoms. The molecule has 9 heteroatoms. The minimum absolute atomic E-state index is 0.411. The molecule has 0 saturated heterocycles. The summed E-state index contributed by atoms with van der Waals surface area (Å²) in [6.45, 7) is 0. The van der Waals surface area contributed by atoms with Crippen molar-refractivity contribution in [2.75, 3.05) is 0 Å². The fourth-order valence-corrected chi connectivity index (χ4v) is 1.81. The summed E-state index contributed by atoms with van der Waals surface area (Å²) in [6.07, 6.45) is -4.60. The van der Waals surface area contributed by atoms with Crippen molar-refractivity contribution in [3.8, 4) is 0 Å². The fraction of sp³-hybridized carbons (Fsp3) is 0.571. The van der Waals surface area contributed by atoms with Crippen LogP contribution < -0.4 is 14.9 Å². The first kappa shape index (κ1) is 13.3. The number of carboxylic acid groups (broad SMARTS) is 1. The molecule has 0 amide bonds. The molecule has 0 spiro atoms. The van der Waals surface area contributed by atoms with Crippen LogP contribution in [0, 0.1) is 0 Å². The third-order valence-electron chi connectivity index (χ3n) is 2.04. The van der Waals surface area contributed by atoms with Crippen LogP contribution in [-0.4, -0.2) is 34.5 Å². The molecule has 0 heterocycles. The second-order valence-corrected chi connectivity index (χ2v) is 4.36. The molecule has 1 rings (SSSR count). The standard InChI is InChI=1S/C7H11O8P/c8-4-1-3(7(10)11)2-5(6(4)9)15-16(12,13)14/h2,4-6,8-9H,1H2,(H,10,11)(H2,12,13,14)/p-3/t4-,5-,6+/m1/s1. The maximum atomic E-state index is 10.5. The highest BCUT2D eigenvalue weighted by molar-refractivity contribution is 7.43. The van der Waals surface area contributed by atoms with Crippen LogP contribution in [0.25, 0.3) is 0 Å². The first-order valence-electron chi connectivity index (χ1n) is 4.19. The zero-order valence-corrected chi connectivity index (χ0v) is 8.70. The van der Waals surface area contributed by atoms with Gasteiger partial charge in [-0.05, 0) is 11.6 Å². The van der Waals surface area contributed by atoms with Crippen molar-refractivity contribution in [3.05, 3.63) is 11.6 Å². The Morgan fingerprint density at radius 2 is 2.06 bits per heavy atom. The maximum Gasteiger partial charge on any atom is 0.110 e. The van der Waals surface area contributed by atoms with Gasteiger partial charge in [0.1, 0.15) is 12.2 Å². The van der Waals surface area contributed by atoms with E-state index >= 15 is 0 Å². The summed E-state index contributed by atoms with van der Waals surface area (Å²) in [5.74, 6) is -1.63. The first-order chi connectivity index (χ1) is 7.20. The summed E-state index contributed by atoms with van der Waals surface area (Å²) in [4.78, 5) is 31.1. The van der Waals surface area contributed by atoms with Crippen molar-refractivity contribution in [3.63, 3.8) is 0 Å². The second-order valence-electron chi connectivity index (χ2n) is 3.26. The predicted molar refractivity (Wildman–Crippen MR) is 42.2 cm³/mol. The van der Waals surface area contributed by atoms with Gasteiger partial charge in [0.15, 0.2) is 0 Å². The number of carbonyl (C=O) groups excluding carboxylic acids is 1. The Morgan fingerprint density at radius 3 is 2.50 bits per heavy atom. The van der Waals surface area contributed by atoms with Gasteiger partial charge in [-0.2, -0.15) is 0 Å². The largest absolute Gasteiger partial charge is 0.790 e. The van der Waals surface area contributed by atoms with E-state index in [0.29, 0.717) is 0 Å². The van der Waals surface area contributed by atoms with Gasteiger partial charge >= 0.3 is 0 Å². The number of aliphatic hydroxyl groups excluding tert-OH is 2. The van der Waals surface area contributed by atoms with Crippen molar-refractivity contribution in [2.45, 2.75) is 24.7 Å². The monoisotopic (exact) mass is 251 g/mol. The number of phosphoric acid groups is 1. The molecule has 1 aliphatic rings. The number of carbonyl (C=O) groups is 1. The molecule has 0 aromatic carbocycles. The predicted octanol–water partition coefficient (Wildman–Crippen LogP) is -4.00. The lowest BCUT2D eigenvalue weighted by atomic mass is 9.92. The highest BCUT2D eigenvalue weighted by Crippen LogP contribution is 2.32. The van der Waals surface area contributed by atoms with Gasteiger partial charge in [0, 0.05) is 6.42 Å². The number of phosphoric ester groups is 1. The molecule has 0 bridgehead atoms. The fourth-order valence-electron chi connectivity index (χ4n) is 1.32. The highest BCUT2D eigenvalue weighted by Gasteiger charge is 2.32. The van der Waals surface area contributed by atoms with Gasteiger partial charge in [-0.1, -0.05) is 0 Å². The average molecular weight is 251 g/mol. The van der Waals surface area contributed by atoms with Gasteiger partial charge in [-0.3, -0.25) is 0 Å². The lowest BCUT2D eigenvalue weighted by Crippen LogP contribution is -2.44. The molecule has 0 fully saturated rings. The van der Waals surface area contributed by atoms with E-state index < -0.39 is 44.1 Å². The third kappa shape index (κ3) is 3.38. The van der Waals surface area contributed by atoms with Gasteiger partial charge in [0.25, 0.3) is 0 Å². The van der Waals surface area contributed by atoms with E-state index in [4.69, 9.17) is 0 Å². The molecule has 0 aromatic rings. The van der Waals surface area contributed by atoms with Gasteiger partial charge in [0.05, 0.1) is 19.9 Å². The normalized spacial score (nSPS) is 31.0. The van der Waals surface area contributed by atoms with E-state index in [0.717, 1.165) is 6.08 Å². The molecule has 8 nitrogen and oxygen atoms in total. The van der Waals surface area contributed by atoms with Crippen molar-refractivity contribution in [2.24, 2.45) is 0 Å². The quantitative estimate of drug-likeness (QED) is 0.481. The van der Waals surface area contributed by atoms with E-state index in [1.54, 1.807) is 0 Å². The Balaban J connectivity index is 2.92. The zero-order valence-electron chi connectivity index (χ0n) is 7.81. The number of aliphatic carboxylic acids is 1. The second kappa shape index (κ2) is 4.62. The summed E-state index contributed by atoms with van der Waals surface area (Å²) < 4.78 is 14.2. The summed E-state index contributed by atoms with van der Waals surface area (Å²) >= 11 is 0. The van der Waals surface area contributed by atoms with Crippen LogP contribution in [0.2, 0.25) is 0 Å². The Hall–Kier alpha value is -0.760. The van der Waals surface area contributed by atoms with Crippen molar-refractivity contribution in [1.29, 1.82) is 0 Å². The molecular formula is C7H8O8P-3. The number of aliphatic hydroxyl groups is 2. The SMILES string of the molecule is O=C([O-])C1=C[C@@H](OP(=O)([O-])[O-])[C@@H](O)[C@H](O)C1. The summed E-state index contributed by atoms with van der Waals surface area (Å²) in [6, 6.07) is 0. The van der Waals surface area contributed by atoms with Gasteiger partial charge < -0.3 is 39.0 Å². The van der Waals surface area contributed by atoms with E-state index in [2.05, 4.69) is 4.52 Å². The third-order valence-corrected chi connectivity index (χ3v) is 2.54. The van der Waals surface area contributed by atoms with Crippen LogP contribution in [0.4, 0.5) is 0 Å². The molecule has 92 valence electrons.